The molecule has 25 heavy (non-hydrogen) atoms. The van der Waals surface area contributed by atoms with Crippen LogP contribution in [0.2, 0.25) is 0 Å². The SMILES string of the molecule is COc1ccc(CNC(=O)COc2ccccc2C(C)C)cc1OC. The summed E-state index contributed by atoms with van der Waals surface area (Å²) in [5.41, 5.74) is 2.02. The Hall–Kier alpha value is -2.69. The molecule has 1 amide bonds. The van der Waals surface area contributed by atoms with Gasteiger partial charge in [-0.2, -0.15) is 0 Å². The molecule has 0 heterocycles. The van der Waals surface area contributed by atoms with Crippen LogP contribution in [0.3, 0.4) is 0 Å². The molecule has 0 atom stereocenters. The van der Waals surface area contributed by atoms with Crippen LogP contribution in [-0.2, 0) is 11.3 Å². The maximum absolute atomic E-state index is 12.1. The van der Waals surface area contributed by atoms with Gasteiger partial charge in [0.2, 0.25) is 0 Å². The summed E-state index contributed by atoms with van der Waals surface area (Å²) in [6.07, 6.45) is 0. The summed E-state index contributed by atoms with van der Waals surface area (Å²) >= 11 is 0. The van der Waals surface area contributed by atoms with Gasteiger partial charge in [0.15, 0.2) is 18.1 Å². The fourth-order valence-electron chi connectivity index (χ4n) is 2.47. The lowest BCUT2D eigenvalue weighted by atomic mass is 10.0. The lowest BCUT2D eigenvalue weighted by Gasteiger charge is -2.14. The first-order chi connectivity index (χ1) is 12.0. The molecule has 2 rings (SSSR count). The second kappa shape index (κ2) is 8.97. The molecule has 5 heteroatoms. The number of carbonyl (C=O) groups excluding carboxylic acids is 1. The van der Waals surface area contributed by atoms with Gasteiger partial charge in [-0.1, -0.05) is 38.1 Å². The van der Waals surface area contributed by atoms with Crippen LogP contribution in [0, 0.1) is 0 Å². The van der Waals surface area contributed by atoms with Gasteiger partial charge in [0.1, 0.15) is 5.75 Å². The standard InChI is InChI=1S/C20H25NO4/c1-14(2)16-7-5-6-8-17(16)25-13-20(22)21-12-15-9-10-18(23-3)19(11-15)24-4/h5-11,14H,12-13H2,1-4H3,(H,21,22). The van der Waals surface area contributed by atoms with E-state index in [9.17, 15) is 4.79 Å². The van der Waals surface area contributed by atoms with Crippen LogP contribution in [0.4, 0.5) is 0 Å². The average molecular weight is 343 g/mol. The number of hydrogen-bond donors (Lipinski definition) is 1. The highest BCUT2D eigenvalue weighted by molar-refractivity contribution is 5.77. The fraction of sp³-hybridized carbons (Fsp3) is 0.350. The third-order valence-electron chi connectivity index (χ3n) is 3.84. The number of rotatable bonds is 8. The molecule has 0 aliphatic rings. The molecule has 2 aromatic rings. The quantitative estimate of drug-likeness (QED) is 0.797. The van der Waals surface area contributed by atoms with E-state index in [1.54, 1.807) is 14.2 Å². The Morgan fingerprint density at radius 1 is 1.00 bits per heavy atom. The van der Waals surface area contributed by atoms with Crippen molar-refractivity contribution < 1.29 is 19.0 Å². The maximum Gasteiger partial charge on any atom is 0.258 e. The molecular formula is C20H25NO4. The summed E-state index contributed by atoms with van der Waals surface area (Å²) in [4.78, 5) is 12.1. The summed E-state index contributed by atoms with van der Waals surface area (Å²) in [6, 6.07) is 13.3. The van der Waals surface area contributed by atoms with E-state index in [4.69, 9.17) is 14.2 Å². The Bertz CT molecular complexity index is 713. The molecule has 0 aromatic heterocycles. The molecule has 0 bridgehead atoms. The first kappa shape index (κ1) is 18.6. The molecule has 0 fully saturated rings. The second-order valence-corrected chi connectivity index (χ2v) is 5.95. The Morgan fingerprint density at radius 3 is 2.40 bits per heavy atom. The monoisotopic (exact) mass is 343 g/mol. The molecular weight excluding hydrogens is 318 g/mol. The van der Waals surface area contributed by atoms with Gasteiger partial charge in [0.25, 0.3) is 5.91 Å². The highest BCUT2D eigenvalue weighted by atomic mass is 16.5. The molecule has 0 spiro atoms. The van der Waals surface area contributed by atoms with Gasteiger partial charge in [-0.3, -0.25) is 4.79 Å². The topological polar surface area (TPSA) is 56.8 Å². The Balaban J connectivity index is 1.89. The zero-order valence-corrected chi connectivity index (χ0v) is 15.2. The van der Waals surface area contributed by atoms with Crippen molar-refractivity contribution in [2.24, 2.45) is 0 Å². The van der Waals surface area contributed by atoms with Gasteiger partial charge in [-0.05, 0) is 35.2 Å². The van der Waals surface area contributed by atoms with Gasteiger partial charge < -0.3 is 19.5 Å². The molecule has 0 saturated heterocycles. The normalized spacial score (nSPS) is 10.4. The number of carbonyl (C=O) groups is 1. The molecule has 0 unspecified atom stereocenters. The van der Waals surface area contributed by atoms with E-state index in [0.717, 1.165) is 16.9 Å². The third kappa shape index (κ3) is 5.14. The van der Waals surface area contributed by atoms with E-state index in [0.29, 0.717) is 24.0 Å². The minimum Gasteiger partial charge on any atom is -0.493 e. The average Bonchev–Trinajstić information content (AvgIpc) is 2.64. The van der Waals surface area contributed by atoms with Gasteiger partial charge in [-0.15, -0.1) is 0 Å². The number of hydrogen-bond acceptors (Lipinski definition) is 4. The van der Waals surface area contributed by atoms with Crippen molar-refractivity contribution in [3.05, 3.63) is 53.6 Å². The zero-order chi connectivity index (χ0) is 18.2. The van der Waals surface area contributed by atoms with E-state index in [1.165, 1.54) is 0 Å². The number of ether oxygens (including phenoxy) is 3. The molecule has 0 saturated carbocycles. The van der Waals surface area contributed by atoms with E-state index in [2.05, 4.69) is 19.2 Å². The van der Waals surface area contributed by atoms with E-state index >= 15 is 0 Å². The van der Waals surface area contributed by atoms with Gasteiger partial charge in [0.05, 0.1) is 14.2 Å². The molecule has 0 radical (unpaired) electrons. The first-order valence-electron chi connectivity index (χ1n) is 8.24. The van der Waals surface area contributed by atoms with Crippen LogP contribution in [-0.4, -0.2) is 26.7 Å². The van der Waals surface area contributed by atoms with Crippen LogP contribution in [0.1, 0.15) is 30.9 Å². The summed E-state index contributed by atoms with van der Waals surface area (Å²) < 4.78 is 16.1. The molecule has 134 valence electrons. The number of methoxy groups -OCH3 is 2. The molecule has 0 aliphatic heterocycles. The van der Waals surface area contributed by atoms with Gasteiger partial charge >= 0.3 is 0 Å². The van der Waals surface area contributed by atoms with Crippen molar-refractivity contribution >= 4 is 5.91 Å². The second-order valence-electron chi connectivity index (χ2n) is 5.95. The highest BCUT2D eigenvalue weighted by Gasteiger charge is 2.10. The molecule has 5 nitrogen and oxygen atoms in total. The smallest absolute Gasteiger partial charge is 0.258 e. The van der Waals surface area contributed by atoms with Gasteiger partial charge in [-0.25, -0.2) is 0 Å². The predicted octanol–water partition coefficient (Wildman–Crippen LogP) is 3.52. The minimum absolute atomic E-state index is 0.0168. The van der Waals surface area contributed by atoms with Crippen LogP contribution in [0.25, 0.3) is 0 Å². The van der Waals surface area contributed by atoms with E-state index in [1.807, 2.05) is 42.5 Å². The summed E-state index contributed by atoms with van der Waals surface area (Å²) in [6.45, 7) is 4.57. The number of nitrogens with one attached hydrogen (secondary N) is 1. The van der Waals surface area contributed by atoms with Crippen molar-refractivity contribution in [2.45, 2.75) is 26.3 Å². The first-order valence-corrected chi connectivity index (χ1v) is 8.24. The fourth-order valence-corrected chi connectivity index (χ4v) is 2.47. The van der Waals surface area contributed by atoms with Crippen molar-refractivity contribution in [3.8, 4) is 17.2 Å². The minimum atomic E-state index is -0.173. The van der Waals surface area contributed by atoms with E-state index < -0.39 is 0 Å². The largest absolute Gasteiger partial charge is 0.493 e. The van der Waals surface area contributed by atoms with Crippen molar-refractivity contribution in [1.29, 1.82) is 0 Å². The Morgan fingerprint density at radius 2 is 1.72 bits per heavy atom. The number of para-hydroxylation sites is 1. The predicted molar refractivity (Wildman–Crippen MR) is 97.4 cm³/mol. The van der Waals surface area contributed by atoms with Crippen LogP contribution in [0.5, 0.6) is 17.2 Å². The van der Waals surface area contributed by atoms with Crippen molar-refractivity contribution in [2.75, 3.05) is 20.8 Å². The van der Waals surface area contributed by atoms with Crippen molar-refractivity contribution in [3.63, 3.8) is 0 Å². The third-order valence-corrected chi connectivity index (χ3v) is 3.84. The molecule has 2 aromatic carbocycles. The lowest BCUT2D eigenvalue weighted by Crippen LogP contribution is -2.28. The zero-order valence-electron chi connectivity index (χ0n) is 15.2. The number of benzene rings is 2. The van der Waals surface area contributed by atoms with Crippen LogP contribution >= 0.6 is 0 Å². The highest BCUT2D eigenvalue weighted by Crippen LogP contribution is 2.27. The van der Waals surface area contributed by atoms with E-state index in [-0.39, 0.29) is 12.5 Å². The summed E-state index contributed by atoms with van der Waals surface area (Å²) in [5, 5.41) is 2.85. The molecule has 1 N–H and O–H groups in total. The van der Waals surface area contributed by atoms with Crippen LogP contribution in [0.15, 0.2) is 42.5 Å². The maximum atomic E-state index is 12.1. The lowest BCUT2D eigenvalue weighted by molar-refractivity contribution is -0.123. The van der Waals surface area contributed by atoms with Crippen LogP contribution < -0.4 is 19.5 Å². The van der Waals surface area contributed by atoms with Gasteiger partial charge in [0, 0.05) is 6.54 Å². The van der Waals surface area contributed by atoms with Crippen molar-refractivity contribution in [1.82, 2.24) is 5.32 Å². The number of amides is 1. The Kier molecular flexibility index (Phi) is 6.69. The Labute approximate surface area is 148 Å². The summed E-state index contributed by atoms with van der Waals surface area (Å²) in [5.74, 6) is 2.21. The summed E-state index contributed by atoms with van der Waals surface area (Å²) in [7, 11) is 3.17. The molecule has 0 aliphatic carbocycles.